The molecule has 1 heterocycles. The standard InChI is InChI=1S/C9H13NS/c1-5-3-8-7(9(5)10)4-6(2)11-8/h4-5,9H,3,10H2,1-2H3. The van der Waals surface area contributed by atoms with E-state index in [0.29, 0.717) is 12.0 Å². The zero-order valence-corrected chi connectivity index (χ0v) is 7.74. The molecule has 2 unspecified atom stereocenters. The molecule has 2 rings (SSSR count). The van der Waals surface area contributed by atoms with E-state index >= 15 is 0 Å². The third kappa shape index (κ3) is 1.01. The summed E-state index contributed by atoms with van der Waals surface area (Å²) in [6, 6.07) is 2.55. The van der Waals surface area contributed by atoms with Gasteiger partial charge < -0.3 is 5.73 Å². The van der Waals surface area contributed by atoms with E-state index in [-0.39, 0.29) is 0 Å². The molecule has 1 nitrogen and oxygen atoms in total. The van der Waals surface area contributed by atoms with Gasteiger partial charge in [-0.1, -0.05) is 6.92 Å². The fraction of sp³-hybridized carbons (Fsp3) is 0.556. The maximum atomic E-state index is 6.01. The highest BCUT2D eigenvalue weighted by Crippen LogP contribution is 2.38. The van der Waals surface area contributed by atoms with Gasteiger partial charge in [0.25, 0.3) is 0 Å². The average Bonchev–Trinajstić information content (AvgIpc) is 2.37. The van der Waals surface area contributed by atoms with Gasteiger partial charge in [-0.2, -0.15) is 0 Å². The van der Waals surface area contributed by atoms with Gasteiger partial charge in [0.1, 0.15) is 0 Å². The Morgan fingerprint density at radius 3 is 3.00 bits per heavy atom. The van der Waals surface area contributed by atoms with Gasteiger partial charge in [0.15, 0.2) is 0 Å². The van der Waals surface area contributed by atoms with Crippen LogP contribution in [0.15, 0.2) is 6.07 Å². The summed E-state index contributed by atoms with van der Waals surface area (Å²) in [5.74, 6) is 0.650. The van der Waals surface area contributed by atoms with Crippen molar-refractivity contribution in [3.63, 3.8) is 0 Å². The predicted octanol–water partition coefficient (Wildman–Crippen LogP) is 2.25. The predicted molar refractivity (Wildman–Crippen MR) is 48.9 cm³/mol. The largest absolute Gasteiger partial charge is 0.324 e. The van der Waals surface area contributed by atoms with Crippen LogP contribution >= 0.6 is 11.3 Å². The van der Waals surface area contributed by atoms with Crippen molar-refractivity contribution in [1.82, 2.24) is 0 Å². The van der Waals surface area contributed by atoms with E-state index in [9.17, 15) is 0 Å². The molecule has 2 N–H and O–H groups in total. The molecule has 2 heteroatoms. The number of aryl methyl sites for hydroxylation is 1. The first-order chi connectivity index (χ1) is 5.18. The summed E-state index contributed by atoms with van der Waals surface area (Å²) in [4.78, 5) is 2.92. The number of nitrogens with two attached hydrogens (primary N) is 1. The van der Waals surface area contributed by atoms with E-state index in [4.69, 9.17) is 5.73 Å². The second kappa shape index (κ2) is 2.32. The minimum atomic E-state index is 0.301. The average molecular weight is 167 g/mol. The van der Waals surface area contributed by atoms with Crippen LogP contribution in [0.2, 0.25) is 0 Å². The lowest BCUT2D eigenvalue weighted by atomic mass is 10.0. The van der Waals surface area contributed by atoms with Crippen molar-refractivity contribution < 1.29 is 0 Å². The second-order valence-corrected chi connectivity index (χ2v) is 4.78. The third-order valence-corrected chi connectivity index (χ3v) is 3.53. The Morgan fingerprint density at radius 2 is 2.36 bits per heavy atom. The molecule has 1 aromatic heterocycles. The zero-order chi connectivity index (χ0) is 8.01. The van der Waals surface area contributed by atoms with E-state index in [2.05, 4.69) is 19.9 Å². The summed E-state index contributed by atoms with van der Waals surface area (Å²) >= 11 is 1.90. The molecule has 1 aliphatic carbocycles. The molecule has 0 aliphatic heterocycles. The number of rotatable bonds is 0. The van der Waals surface area contributed by atoms with E-state index < -0.39 is 0 Å². The molecular formula is C9H13NS. The highest BCUT2D eigenvalue weighted by atomic mass is 32.1. The Hall–Kier alpha value is -0.340. The van der Waals surface area contributed by atoms with Crippen LogP contribution in [0.4, 0.5) is 0 Å². The van der Waals surface area contributed by atoms with Crippen LogP contribution in [-0.2, 0) is 6.42 Å². The van der Waals surface area contributed by atoms with E-state index in [0.717, 1.165) is 0 Å². The van der Waals surface area contributed by atoms with Crippen molar-refractivity contribution >= 4 is 11.3 Å². The highest BCUT2D eigenvalue weighted by molar-refractivity contribution is 7.12. The molecule has 1 aliphatic rings. The van der Waals surface area contributed by atoms with Gasteiger partial charge in [-0.05, 0) is 30.9 Å². The SMILES string of the molecule is Cc1cc2c(s1)CC(C)C2N. The first-order valence-electron chi connectivity index (χ1n) is 4.03. The summed E-state index contributed by atoms with van der Waals surface area (Å²) in [5, 5.41) is 0. The molecule has 0 bridgehead atoms. The maximum absolute atomic E-state index is 6.01. The Morgan fingerprint density at radius 1 is 1.64 bits per heavy atom. The van der Waals surface area contributed by atoms with Crippen LogP contribution in [0.25, 0.3) is 0 Å². The van der Waals surface area contributed by atoms with Gasteiger partial charge in [0.05, 0.1) is 0 Å². The summed E-state index contributed by atoms with van der Waals surface area (Å²) in [5.41, 5.74) is 7.41. The van der Waals surface area contributed by atoms with Crippen LogP contribution in [-0.4, -0.2) is 0 Å². The van der Waals surface area contributed by atoms with Crippen LogP contribution in [0.1, 0.15) is 28.3 Å². The van der Waals surface area contributed by atoms with Crippen molar-refractivity contribution in [1.29, 1.82) is 0 Å². The van der Waals surface area contributed by atoms with Gasteiger partial charge in [0, 0.05) is 15.8 Å². The molecule has 2 atom stereocenters. The van der Waals surface area contributed by atoms with Crippen molar-refractivity contribution in [3.05, 3.63) is 21.4 Å². The quantitative estimate of drug-likeness (QED) is 0.630. The summed E-state index contributed by atoms with van der Waals surface area (Å²) < 4.78 is 0. The van der Waals surface area contributed by atoms with Gasteiger partial charge in [0.2, 0.25) is 0 Å². The van der Waals surface area contributed by atoms with Crippen LogP contribution in [0.5, 0.6) is 0 Å². The van der Waals surface area contributed by atoms with Gasteiger partial charge in [-0.3, -0.25) is 0 Å². The van der Waals surface area contributed by atoms with E-state index in [1.165, 1.54) is 21.7 Å². The molecular weight excluding hydrogens is 154 g/mol. The molecule has 0 aromatic carbocycles. The maximum Gasteiger partial charge on any atom is 0.0335 e. The van der Waals surface area contributed by atoms with Crippen molar-refractivity contribution in [2.24, 2.45) is 11.7 Å². The zero-order valence-electron chi connectivity index (χ0n) is 6.92. The lowest BCUT2D eigenvalue weighted by Gasteiger charge is -2.08. The monoisotopic (exact) mass is 167 g/mol. The molecule has 1 aromatic rings. The second-order valence-electron chi connectivity index (χ2n) is 3.44. The summed E-state index contributed by atoms with van der Waals surface area (Å²) in [6.07, 6.45) is 1.19. The third-order valence-electron chi connectivity index (χ3n) is 2.44. The first kappa shape index (κ1) is 7.32. The van der Waals surface area contributed by atoms with Crippen molar-refractivity contribution in [2.75, 3.05) is 0 Å². The topological polar surface area (TPSA) is 26.0 Å². The molecule has 60 valence electrons. The fourth-order valence-electron chi connectivity index (χ4n) is 1.75. The van der Waals surface area contributed by atoms with Crippen molar-refractivity contribution in [3.8, 4) is 0 Å². The van der Waals surface area contributed by atoms with Gasteiger partial charge in [-0.25, -0.2) is 0 Å². The molecule has 0 saturated carbocycles. The molecule has 0 radical (unpaired) electrons. The number of thiophene rings is 1. The van der Waals surface area contributed by atoms with E-state index in [1.54, 1.807) is 0 Å². The van der Waals surface area contributed by atoms with Crippen molar-refractivity contribution in [2.45, 2.75) is 26.3 Å². The highest BCUT2D eigenvalue weighted by Gasteiger charge is 2.27. The molecule has 0 saturated heterocycles. The molecule has 0 fully saturated rings. The normalized spacial score (nSPS) is 29.0. The van der Waals surface area contributed by atoms with Crippen LogP contribution < -0.4 is 5.73 Å². The van der Waals surface area contributed by atoms with Crippen LogP contribution in [0.3, 0.4) is 0 Å². The van der Waals surface area contributed by atoms with Gasteiger partial charge >= 0.3 is 0 Å². The van der Waals surface area contributed by atoms with Crippen LogP contribution in [0, 0.1) is 12.8 Å². The Balaban J connectivity index is 2.44. The Bertz CT molecular complexity index is 277. The van der Waals surface area contributed by atoms with Gasteiger partial charge in [-0.15, -0.1) is 11.3 Å². The summed E-state index contributed by atoms with van der Waals surface area (Å²) in [7, 11) is 0. The number of hydrogen-bond donors (Lipinski definition) is 1. The summed E-state index contributed by atoms with van der Waals surface area (Å²) in [6.45, 7) is 4.38. The number of hydrogen-bond acceptors (Lipinski definition) is 2. The Kier molecular flexibility index (Phi) is 1.55. The molecule has 0 amide bonds. The number of fused-ring (bicyclic) bond motifs is 1. The smallest absolute Gasteiger partial charge is 0.0335 e. The minimum absolute atomic E-state index is 0.301. The molecule has 0 spiro atoms. The minimum Gasteiger partial charge on any atom is -0.324 e. The lowest BCUT2D eigenvalue weighted by Crippen LogP contribution is -2.13. The first-order valence-corrected chi connectivity index (χ1v) is 4.85. The fourth-order valence-corrected chi connectivity index (χ4v) is 2.98. The lowest BCUT2D eigenvalue weighted by molar-refractivity contribution is 0.513. The van der Waals surface area contributed by atoms with E-state index in [1.807, 2.05) is 11.3 Å². The Labute approximate surface area is 71.2 Å². The molecule has 11 heavy (non-hydrogen) atoms.